The first-order chi connectivity index (χ1) is 9.67. The number of aromatic amines is 2. The van der Waals surface area contributed by atoms with Crippen molar-refractivity contribution in [1.29, 1.82) is 0 Å². The van der Waals surface area contributed by atoms with Gasteiger partial charge in [-0.2, -0.15) is 5.10 Å². The molecule has 0 aromatic carbocycles. The van der Waals surface area contributed by atoms with Crippen LogP contribution >= 0.6 is 12.2 Å². The van der Waals surface area contributed by atoms with Crippen LogP contribution < -0.4 is 5.56 Å². The second-order valence-electron chi connectivity index (χ2n) is 4.96. The van der Waals surface area contributed by atoms with E-state index in [0.717, 1.165) is 37.3 Å². The Hall–Kier alpha value is -1.73. The lowest BCUT2D eigenvalue weighted by atomic mass is 10.1. The molecule has 2 aromatic rings. The van der Waals surface area contributed by atoms with E-state index in [-0.39, 0.29) is 5.56 Å². The zero-order chi connectivity index (χ0) is 14.1. The monoisotopic (exact) mass is 291 g/mol. The maximum Gasteiger partial charge on any atom is 0.256 e. The molecule has 0 bridgehead atoms. The van der Waals surface area contributed by atoms with Crippen LogP contribution in [0, 0.1) is 4.77 Å². The summed E-state index contributed by atoms with van der Waals surface area (Å²) in [7, 11) is 0. The maximum atomic E-state index is 12.0. The zero-order valence-corrected chi connectivity index (χ0v) is 12.2. The van der Waals surface area contributed by atoms with E-state index in [1.165, 1.54) is 5.69 Å². The van der Waals surface area contributed by atoms with Crippen molar-refractivity contribution in [3.05, 3.63) is 44.3 Å². The van der Waals surface area contributed by atoms with Crippen molar-refractivity contribution in [3.63, 3.8) is 0 Å². The number of hydrogen-bond acceptors (Lipinski definition) is 4. The van der Waals surface area contributed by atoms with Crippen LogP contribution in [0.25, 0.3) is 0 Å². The first-order valence-electron chi connectivity index (χ1n) is 6.74. The smallest absolute Gasteiger partial charge is 0.256 e. The van der Waals surface area contributed by atoms with Crippen molar-refractivity contribution in [3.8, 4) is 0 Å². The maximum absolute atomic E-state index is 12.0. The second kappa shape index (κ2) is 5.34. The molecule has 106 valence electrons. The summed E-state index contributed by atoms with van der Waals surface area (Å²) in [6.45, 7) is 5.30. The topological polar surface area (TPSA) is 69.7 Å². The summed E-state index contributed by atoms with van der Waals surface area (Å²) in [6, 6.07) is 2.03. The van der Waals surface area contributed by atoms with Gasteiger partial charge in [-0.25, -0.2) is 0 Å². The predicted molar refractivity (Wildman–Crippen MR) is 78.0 cm³/mol. The van der Waals surface area contributed by atoms with E-state index < -0.39 is 0 Å². The highest BCUT2D eigenvalue weighted by atomic mass is 32.1. The van der Waals surface area contributed by atoms with Gasteiger partial charge in [0.05, 0.1) is 11.3 Å². The quantitative estimate of drug-likeness (QED) is 0.834. The molecule has 0 fully saturated rings. The van der Waals surface area contributed by atoms with Gasteiger partial charge >= 0.3 is 0 Å². The zero-order valence-electron chi connectivity index (χ0n) is 11.3. The highest BCUT2D eigenvalue weighted by Gasteiger charge is 2.20. The Labute approximate surface area is 121 Å². The molecule has 0 spiro atoms. The number of nitrogens with one attached hydrogen (secondary N) is 2. The molecule has 2 aromatic heterocycles. The highest BCUT2D eigenvalue weighted by molar-refractivity contribution is 7.71. The molecule has 0 saturated heterocycles. The number of fused-ring (bicyclic) bond motifs is 1. The molecule has 0 unspecified atom stereocenters. The molecule has 7 heteroatoms. The van der Waals surface area contributed by atoms with Gasteiger partial charge in [-0.05, 0) is 25.2 Å². The molecule has 0 amide bonds. The lowest BCUT2D eigenvalue weighted by molar-refractivity contribution is 0.234. The van der Waals surface area contributed by atoms with Crippen molar-refractivity contribution in [2.24, 2.45) is 0 Å². The molecule has 2 N–H and O–H groups in total. The summed E-state index contributed by atoms with van der Waals surface area (Å²) in [5, 5.41) is 4.28. The van der Waals surface area contributed by atoms with E-state index in [1.807, 2.05) is 16.9 Å². The van der Waals surface area contributed by atoms with Crippen molar-refractivity contribution in [2.45, 2.75) is 33.0 Å². The Kier molecular flexibility index (Phi) is 3.54. The van der Waals surface area contributed by atoms with Crippen LogP contribution in [0.15, 0.2) is 17.1 Å². The number of aromatic nitrogens is 4. The minimum absolute atomic E-state index is 0.0718. The molecule has 0 radical (unpaired) electrons. The fourth-order valence-electron chi connectivity index (χ4n) is 2.66. The summed E-state index contributed by atoms with van der Waals surface area (Å²) in [5.74, 6) is 0. The van der Waals surface area contributed by atoms with Crippen molar-refractivity contribution >= 4 is 12.2 Å². The van der Waals surface area contributed by atoms with Gasteiger partial charge in [0.15, 0.2) is 4.77 Å². The first kappa shape index (κ1) is 13.3. The molecule has 0 saturated carbocycles. The van der Waals surface area contributed by atoms with Crippen molar-refractivity contribution in [1.82, 2.24) is 24.6 Å². The van der Waals surface area contributed by atoms with Gasteiger partial charge in [-0.3, -0.25) is 19.4 Å². The van der Waals surface area contributed by atoms with Crippen LogP contribution in [-0.4, -0.2) is 31.2 Å². The van der Waals surface area contributed by atoms with E-state index in [4.69, 9.17) is 12.2 Å². The summed E-state index contributed by atoms with van der Waals surface area (Å²) in [5.41, 5.74) is 2.88. The Bertz CT molecular complexity index is 729. The van der Waals surface area contributed by atoms with E-state index in [1.54, 1.807) is 0 Å². The minimum Gasteiger partial charge on any atom is -0.335 e. The van der Waals surface area contributed by atoms with E-state index in [9.17, 15) is 4.79 Å². The third kappa shape index (κ3) is 2.46. The Morgan fingerprint density at radius 3 is 3.10 bits per heavy atom. The molecule has 3 rings (SSSR count). The minimum atomic E-state index is -0.0718. The van der Waals surface area contributed by atoms with E-state index in [2.05, 4.69) is 26.9 Å². The first-order valence-corrected chi connectivity index (χ1v) is 7.15. The normalized spacial score (nSPS) is 15.2. The summed E-state index contributed by atoms with van der Waals surface area (Å²) in [4.78, 5) is 20.0. The Morgan fingerprint density at radius 1 is 1.45 bits per heavy atom. The van der Waals surface area contributed by atoms with E-state index in [0.29, 0.717) is 11.3 Å². The predicted octanol–water partition coefficient (Wildman–Crippen LogP) is 1.21. The molecule has 20 heavy (non-hydrogen) atoms. The average molecular weight is 291 g/mol. The van der Waals surface area contributed by atoms with Gasteiger partial charge < -0.3 is 4.98 Å². The van der Waals surface area contributed by atoms with Crippen molar-refractivity contribution in [2.75, 3.05) is 6.54 Å². The van der Waals surface area contributed by atoms with Crippen LogP contribution in [0.5, 0.6) is 0 Å². The molecule has 0 atom stereocenters. The Balaban J connectivity index is 1.82. The SMILES string of the molecule is CCn1nccc1CN1CCc2[nH]c(=S)[nH]c(=O)c2C1. The summed E-state index contributed by atoms with van der Waals surface area (Å²) in [6.07, 6.45) is 2.64. The van der Waals surface area contributed by atoms with Crippen LogP contribution in [0.2, 0.25) is 0 Å². The van der Waals surface area contributed by atoms with Gasteiger partial charge in [0.25, 0.3) is 5.56 Å². The highest BCUT2D eigenvalue weighted by Crippen LogP contribution is 2.15. The molecule has 3 heterocycles. The molecular weight excluding hydrogens is 274 g/mol. The van der Waals surface area contributed by atoms with Crippen LogP contribution in [0.3, 0.4) is 0 Å². The second-order valence-corrected chi connectivity index (χ2v) is 5.37. The largest absolute Gasteiger partial charge is 0.335 e. The number of H-pyrrole nitrogens is 2. The third-order valence-electron chi connectivity index (χ3n) is 3.68. The van der Waals surface area contributed by atoms with Crippen LogP contribution in [0.1, 0.15) is 23.9 Å². The van der Waals surface area contributed by atoms with Gasteiger partial charge in [-0.15, -0.1) is 0 Å². The number of nitrogens with zero attached hydrogens (tertiary/aromatic N) is 3. The molecule has 0 aliphatic carbocycles. The number of aryl methyl sites for hydroxylation is 1. The molecular formula is C13H17N5OS. The number of rotatable bonds is 3. The third-order valence-corrected chi connectivity index (χ3v) is 3.88. The summed E-state index contributed by atoms with van der Waals surface area (Å²) >= 11 is 5.00. The van der Waals surface area contributed by atoms with E-state index >= 15 is 0 Å². The average Bonchev–Trinajstić information content (AvgIpc) is 2.86. The van der Waals surface area contributed by atoms with Gasteiger partial charge in [0.1, 0.15) is 0 Å². The standard InChI is InChI=1S/C13H17N5OS/c1-2-18-9(3-5-14-18)7-17-6-4-11-10(8-17)12(19)16-13(20)15-11/h3,5H,2,4,6-8H2,1H3,(H2,15,16,19,20). The van der Waals surface area contributed by atoms with Crippen LogP contribution in [0.4, 0.5) is 0 Å². The number of hydrogen-bond donors (Lipinski definition) is 2. The summed E-state index contributed by atoms with van der Waals surface area (Å²) < 4.78 is 2.39. The Morgan fingerprint density at radius 2 is 2.30 bits per heavy atom. The van der Waals surface area contributed by atoms with Crippen molar-refractivity contribution < 1.29 is 0 Å². The lowest BCUT2D eigenvalue weighted by Gasteiger charge is -2.27. The molecule has 6 nitrogen and oxygen atoms in total. The molecule has 1 aliphatic rings. The fraction of sp³-hybridized carbons (Fsp3) is 0.462. The molecule has 1 aliphatic heterocycles. The van der Waals surface area contributed by atoms with Gasteiger partial charge in [0.2, 0.25) is 0 Å². The fourth-order valence-corrected chi connectivity index (χ4v) is 2.87. The van der Waals surface area contributed by atoms with Gasteiger partial charge in [0, 0.05) is 44.5 Å². The van der Waals surface area contributed by atoms with Crippen LogP contribution in [-0.2, 0) is 26.1 Å². The lowest BCUT2D eigenvalue weighted by Crippen LogP contribution is -2.35. The van der Waals surface area contributed by atoms with Gasteiger partial charge in [-0.1, -0.05) is 0 Å².